The Hall–Kier alpha value is -4.18. The fraction of sp³-hybridized carbons (Fsp3) is 0.125. The molecule has 0 saturated carbocycles. The lowest BCUT2D eigenvalue weighted by Crippen LogP contribution is -2.39. The molecule has 0 saturated heterocycles. The van der Waals surface area contributed by atoms with Gasteiger partial charge < -0.3 is 9.84 Å². The average molecular weight is 482 g/mol. The molecule has 0 heterocycles. The molecule has 0 spiro atoms. The number of hydrogen-bond donors (Lipinski definition) is 2. The molecular weight excluding hydrogens is 458 g/mol. The quantitative estimate of drug-likeness (QED) is 0.357. The highest BCUT2D eigenvalue weighted by Gasteiger charge is 2.29. The second-order valence-corrected chi connectivity index (χ2v) is 9.08. The Labute approximate surface area is 197 Å². The molecule has 0 unspecified atom stereocenters. The van der Waals surface area contributed by atoms with Crippen LogP contribution in [0.4, 0.5) is 5.69 Å². The van der Waals surface area contributed by atoms with Gasteiger partial charge in [0.05, 0.1) is 29.5 Å². The van der Waals surface area contributed by atoms with Crippen LogP contribution in [0.2, 0.25) is 0 Å². The molecule has 1 amide bonds. The average Bonchev–Trinajstić information content (AvgIpc) is 2.83. The van der Waals surface area contributed by atoms with Crippen molar-refractivity contribution in [2.75, 3.05) is 18.0 Å². The number of carbonyl (C=O) groups is 2. The standard InChI is InChI=1S/C24H23N3O6S/c1-17-8-13-22(33-2)21(14-17)27(34(31,32)20-6-4-3-5-7-20)16-23(28)26-25-15-18-9-11-19(12-10-18)24(29)30/h3-15H,16H2,1-2H3,(H,26,28)(H,29,30)/b25-15-. The summed E-state index contributed by atoms with van der Waals surface area (Å²) in [4.78, 5) is 23.6. The lowest BCUT2D eigenvalue weighted by Gasteiger charge is -2.25. The smallest absolute Gasteiger partial charge is 0.335 e. The van der Waals surface area contributed by atoms with Gasteiger partial charge in [0, 0.05) is 0 Å². The summed E-state index contributed by atoms with van der Waals surface area (Å²) in [5.41, 5.74) is 3.99. The van der Waals surface area contributed by atoms with Gasteiger partial charge in [-0.3, -0.25) is 9.10 Å². The second kappa shape index (κ2) is 10.6. The first-order chi connectivity index (χ1) is 16.2. The number of aryl methyl sites for hydroxylation is 1. The van der Waals surface area contributed by atoms with Crippen LogP contribution in [0.15, 0.2) is 82.8 Å². The minimum absolute atomic E-state index is 0.0216. The highest BCUT2D eigenvalue weighted by molar-refractivity contribution is 7.92. The van der Waals surface area contributed by atoms with Crippen LogP contribution in [0.5, 0.6) is 5.75 Å². The van der Waals surface area contributed by atoms with Crippen LogP contribution in [-0.2, 0) is 14.8 Å². The first kappa shape index (κ1) is 24.5. The van der Waals surface area contributed by atoms with Crippen LogP contribution >= 0.6 is 0 Å². The van der Waals surface area contributed by atoms with Crippen molar-refractivity contribution in [3.8, 4) is 5.75 Å². The molecule has 176 valence electrons. The zero-order valence-electron chi connectivity index (χ0n) is 18.5. The van der Waals surface area contributed by atoms with E-state index in [2.05, 4.69) is 10.5 Å². The molecule has 0 aromatic heterocycles. The molecule has 3 rings (SSSR count). The summed E-state index contributed by atoms with van der Waals surface area (Å²) >= 11 is 0. The van der Waals surface area contributed by atoms with E-state index < -0.39 is 28.4 Å². The second-order valence-electron chi connectivity index (χ2n) is 7.22. The minimum Gasteiger partial charge on any atom is -0.495 e. The molecule has 0 radical (unpaired) electrons. The predicted molar refractivity (Wildman–Crippen MR) is 128 cm³/mol. The van der Waals surface area contributed by atoms with Crippen molar-refractivity contribution >= 4 is 33.8 Å². The molecule has 9 nitrogen and oxygen atoms in total. The third kappa shape index (κ3) is 5.78. The van der Waals surface area contributed by atoms with E-state index in [1.165, 1.54) is 49.7 Å². The van der Waals surface area contributed by atoms with E-state index in [4.69, 9.17) is 9.84 Å². The topological polar surface area (TPSA) is 125 Å². The Morgan fingerprint density at radius 1 is 1.06 bits per heavy atom. The Balaban J connectivity index is 1.86. The summed E-state index contributed by atoms with van der Waals surface area (Å²) in [6.45, 7) is 1.25. The Morgan fingerprint density at radius 3 is 2.35 bits per heavy atom. The summed E-state index contributed by atoms with van der Waals surface area (Å²) in [6.07, 6.45) is 1.33. The van der Waals surface area contributed by atoms with E-state index >= 15 is 0 Å². The van der Waals surface area contributed by atoms with Gasteiger partial charge in [-0.1, -0.05) is 36.4 Å². The van der Waals surface area contributed by atoms with Crippen molar-refractivity contribution in [3.05, 3.63) is 89.5 Å². The van der Waals surface area contributed by atoms with Crippen LogP contribution in [-0.4, -0.2) is 45.3 Å². The van der Waals surface area contributed by atoms with Crippen LogP contribution in [0.1, 0.15) is 21.5 Å². The number of carboxylic acids is 1. The molecule has 2 N–H and O–H groups in total. The largest absolute Gasteiger partial charge is 0.495 e. The fourth-order valence-corrected chi connectivity index (χ4v) is 4.51. The number of rotatable bonds is 9. The maximum Gasteiger partial charge on any atom is 0.335 e. The molecule has 0 bridgehead atoms. The van der Waals surface area contributed by atoms with Crippen molar-refractivity contribution in [2.24, 2.45) is 5.10 Å². The monoisotopic (exact) mass is 481 g/mol. The molecular formula is C24H23N3O6S. The lowest BCUT2D eigenvalue weighted by molar-refractivity contribution is -0.119. The summed E-state index contributed by atoms with van der Waals surface area (Å²) in [5.74, 6) is -1.44. The number of amides is 1. The normalized spacial score (nSPS) is 11.2. The number of benzene rings is 3. The van der Waals surface area contributed by atoms with E-state index in [-0.39, 0.29) is 16.1 Å². The number of hydrogen-bond acceptors (Lipinski definition) is 6. The van der Waals surface area contributed by atoms with Crippen LogP contribution in [0, 0.1) is 6.92 Å². The number of carboxylic acid groups (broad SMARTS) is 1. The van der Waals surface area contributed by atoms with Crippen molar-refractivity contribution < 1.29 is 27.9 Å². The molecule has 0 aliphatic carbocycles. The van der Waals surface area contributed by atoms with Crippen molar-refractivity contribution in [2.45, 2.75) is 11.8 Å². The number of carbonyl (C=O) groups excluding carboxylic acids is 1. The molecule has 0 aliphatic rings. The number of nitrogens with zero attached hydrogens (tertiary/aromatic N) is 2. The number of aromatic carboxylic acids is 1. The summed E-state index contributed by atoms with van der Waals surface area (Å²) in [6, 6.07) is 18.7. The van der Waals surface area contributed by atoms with E-state index in [1.54, 1.807) is 43.3 Å². The van der Waals surface area contributed by atoms with Crippen LogP contribution in [0.3, 0.4) is 0 Å². The third-order valence-corrected chi connectivity index (χ3v) is 6.56. The summed E-state index contributed by atoms with van der Waals surface area (Å²) in [5, 5.41) is 12.8. The highest BCUT2D eigenvalue weighted by Crippen LogP contribution is 2.33. The first-order valence-corrected chi connectivity index (χ1v) is 11.5. The molecule has 0 fully saturated rings. The maximum absolute atomic E-state index is 13.4. The van der Waals surface area contributed by atoms with Gasteiger partial charge in [0.2, 0.25) is 0 Å². The number of anilines is 1. The number of methoxy groups -OCH3 is 1. The number of nitrogens with one attached hydrogen (secondary N) is 1. The van der Waals surface area contributed by atoms with Gasteiger partial charge in [-0.15, -0.1) is 0 Å². The minimum atomic E-state index is -4.10. The van der Waals surface area contributed by atoms with Crippen molar-refractivity contribution in [1.29, 1.82) is 0 Å². The highest BCUT2D eigenvalue weighted by atomic mass is 32.2. The molecule has 3 aromatic rings. The molecule has 0 aliphatic heterocycles. The van der Waals surface area contributed by atoms with E-state index in [0.29, 0.717) is 11.3 Å². The molecule has 10 heteroatoms. The maximum atomic E-state index is 13.4. The van der Waals surface area contributed by atoms with Crippen molar-refractivity contribution in [3.63, 3.8) is 0 Å². The van der Waals surface area contributed by atoms with Crippen LogP contribution < -0.4 is 14.5 Å². The number of sulfonamides is 1. The van der Waals surface area contributed by atoms with E-state index in [9.17, 15) is 18.0 Å². The number of ether oxygens (including phenoxy) is 1. The van der Waals surface area contributed by atoms with Gasteiger partial charge in [0.15, 0.2) is 0 Å². The van der Waals surface area contributed by atoms with Gasteiger partial charge in [-0.2, -0.15) is 5.10 Å². The predicted octanol–water partition coefficient (Wildman–Crippen LogP) is 3.05. The number of hydrazone groups is 1. The molecule has 3 aromatic carbocycles. The zero-order valence-corrected chi connectivity index (χ0v) is 19.3. The Bertz CT molecular complexity index is 1310. The molecule has 0 atom stereocenters. The van der Waals surface area contributed by atoms with Gasteiger partial charge in [-0.05, 0) is 54.4 Å². The van der Waals surface area contributed by atoms with E-state index in [1.807, 2.05) is 0 Å². The SMILES string of the molecule is COc1ccc(C)cc1N(CC(=O)N/N=C\c1ccc(C(=O)O)cc1)S(=O)(=O)c1ccccc1. The van der Waals surface area contributed by atoms with Crippen molar-refractivity contribution in [1.82, 2.24) is 5.43 Å². The Morgan fingerprint density at radius 2 is 1.74 bits per heavy atom. The van der Waals surface area contributed by atoms with Crippen LogP contribution in [0.25, 0.3) is 0 Å². The lowest BCUT2D eigenvalue weighted by atomic mass is 10.1. The van der Waals surface area contributed by atoms with E-state index in [0.717, 1.165) is 9.87 Å². The zero-order chi connectivity index (χ0) is 24.7. The summed E-state index contributed by atoms with van der Waals surface area (Å²) in [7, 11) is -2.69. The Kier molecular flexibility index (Phi) is 7.64. The molecule has 34 heavy (non-hydrogen) atoms. The van der Waals surface area contributed by atoms with Gasteiger partial charge in [0.25, 0.3) is 15.9 Å². The van der Waals surface area contributed by atoms with Gasteiger partial charge in [-0.25, -0.2) is 18.6 Å². The van der Waals surface area contributed by atoms with Gasteiger partial charge in [0.1, 0.15) is 12.3 Å². The van der Waals surface area contributed by atoms with Gasteiger partial charge >= 0.3 is 5.97 Å². The fourth-order valence-electron chi connectivity index (χ4n) is 3.07. The summed E-state index contributed by atoms with van der Waals surface area (Å²) < 4.78 is 33.2. The first-order valence-electron chi connectivity index (χ1n) is 10.1. The third-order valence-electron chi connectivity index (χ3n) is 4.78.